The zero-order valence-corrected chi connectivity index (χ0v) is 7.01. The van der Waals surface area contributed by atoms with Gasteiger partial charge < -0.3 is 4.74 Å². The first kappa shape index (κ1) is 9.88. The van der Waals surface area contributed by atoms with Crippen LogP contribution in [0.5, 0.6) is 0 Å². The van der Waals surface area contributed by atoms with Gasteiger partial charge in [0.05, 0.1) is 6.61 Å². The number of Topliss-reactive ketones (excluding diaryl/α,β-unsaturated/α-hetero) is 1. The molecule has 0 aliphatic rings. The summed E-state index contributed by atoms with van der Waals surface area (Å²) in [7, 11) is 0. The summed E-state index contributed by atoms with van der Waals surface area (Å²) in [4.78, 5) is 21.3. The van der Waals surface area contributed by atoms with Crippen molar-refractivity contribution in [2.45, 2.75) is 20.8 Å². The lowest BCUT2D eigenvalue weighted by atomic mass is 10.2. The molecule has 0 aliphatic heterocycles. The van der Waals surface area contributed by atoms with Gasteiger partial charge in [-0.2, -0.15) is 0 Å². The number of allylic oxidation sites excluding steroid dienone is 1. The number of ether oxygens (including phenoxy) is 1. The van der Waals surface area contributed by atoms with Gasteiger partial charge in [0.1, 0.15) is 0 Å². The predicted octanol–water partition coefficient (Wildman–Crippen LogP) is 1.08. The first-order chi connectivity index (χ1) is 5.07. The van der Waals surface area contributed by atoms with E-state index in [9.17, 15) is 9.59 Å². The summed E-state index contributed by atoms with van der Waals surface area (Å²) in [5.74, 6) is -0.571. The number of hydrogen-bond acceptors (Lipinski definition) is 3. The Morgan fingerprint density at radius 3 is 2.27 bits per heavy atom. The molecular weight excluding hydrogens is 144 g/mol. The summed E-state index contributed by atoms with van der Waals surface area (Å²) < 4.78 is 4.60. The molecule has 0 spiro atoms. The van der Waals surface area contributed by atoms with E-state index < -0.39 is 5.97 Å². The molecule has 0 aliphatic carbocycles. The summed E-state index contributed by atoms with van der Waals surface area (Å²) in [5, 5.41) is 0. The molecule has 0 bridgehead atoms. The third-order valence-electron chi connectivity index (χ3n) is 1.18. The summed E-state index contributed by atoms with van der Waals surface area (Å²) >= 11 is 0. The molecule has 11 heavy (non-hydrogen) atoms. The monoisotopic (exact) mass is 156 g/mol. The fraction of sp³-hybridized carbons (Fsp3) is 0.500. The quantitative estimate of drug-likeness (QED) is 0.453. The van der Waals surface area contributed by atoms with E-state index in [1.165, 1.54) is 13.0 Å². The van der Waals surface area contributed by atoms with Crippen molar-refractivity contribution in [1.29, 1.82) is 0 Å². The average Bonchev–Trinajstić information content (AvgIpc) is 1.87. The Bertz CT molecular complexity index is 192. The zero-order chi connectivity index (χ0) is 8.85. The van der Waals surface area contributed by atoms with Gasteiger partial charge in [0, 0.05) is 6.08 Å². The summed E-state index contributed by atoms with van der Waals surface area (Å²) in [5.41, 5.74) is 0.420. The number of carbonyl (C=O) groups excluding carboxylic acids is 2. The maximum absolute atomic E-state index is 10.7. The van der Waals surface area contributed by atoms with Crippen LogP contribution in [0.15, 0.2) is 11.6 Å². The van der Waals surface area contributed by atoms with Crippen molar-refractivity contribution in [1.82, 2.24) is 0 Å². The van der Waals surface area contributed by atoms with Gasteiger partial charge >= 0.3 is 5.97 Å². The molecule has 0 radical (unpaired) electrons. The standard InChI is InChI=1S/C8H12O3/c1-4-11-8(10)5-6(2)7(3)9/h5H,4H2,1-3H3/b6-5-. The number of carbonyl (C=O) groups is 2. The van der Waals surface area contributed by atoms with E-state index in [-0.39, 0.29) is 5.78 Å². The lowest BCUT2D eigenvalue weighted by Crippen LogP contribution is -2.03. The second-order valence-electron chi connectivity index (χ2n) is 2.14. The van der Waals surface area contributed by atoms with Crippen LogP contribution in [0.2, 0.25) is 0 Å². The minimum absolute atomic E-state index is 0.113. The van der Waals surface area contributed by atoms with E-state index in [0.29, 0.717) is 12.2 Å². The molecule has 62 valence electrons. The Kier molecular flexibility index (Phi) is 4.18. The van der Waals surface area contributed by atoms with Crippen molar-refractivity contribution in [2.24, 2.45) is 0 Å². The first-order valence-corrected chi connectivity index (χ1v) is 3.44. The van der Waals surface area contributed by atoms with Gasteiger partial charge in [-0.25, -0.2) is 4.79 Å². The molecule has 0 aromatic rings. The van der Waals surface area contributed by atoms with Crippen LogP contribution in [0, 0.1) is 0 Å². The van der Waals surface area contributed by atoms with E-state index >= 15 is 0 Å². The Hall–Kier alpha value is -1.12. The van der Waals surface area contributed by atoms with E-state index in [1.807, 2.05) is 0 Å². The summed E-state index contributed by atoms with van der Waals surface area (Å²) in [6.07, 6.45) is 1.20. The number of rotatable bonds is 3. The molecule has 0 amide bonds. The average molecular weight is 156 g/mol. The Balaban J connectivity index is 4.08. The minimum Gasteiger partial charge on any atom is -0.463 e. The lowest BCUT2D eigenvalue weighted by molar-refractivity contribution is -0.137. The van der Waals surface area contributed by atoms with Gasteiger partial charge in [-0.05, 0) is 26.3 Å². The van der Waals surface area contributed by atoms with E-state index in [4.69, 9.17) is 0 Å². The minimum atomic E-state index is -0.458. The van der Waals surface area contributed by atoms with Crippen molar-refractivity contribution in [3.05, 3.63) is 11.6 Å². The van der Waals surface area contributed by atoms with E-state index in [2.05, 4.69) is 4.74 Å². The molecule has 0 heterocycles. The van der Waals surface area contributed by atoms with E-state index in [1.54, 1.807) is 13.8 Å². The molecule has 0 rings (SSSR count). The van der Waals surface area contributed by atoms with Crippen LogP contribution in [0.3, 0.4) is 0 Å². The zero-order valence-electron chi connectivity index (χ0n) is 7.01. The van der Waals surface area contributed by atoms with E-state index in [0.717, 1.165) is 0 Å². The number of ketones is 1. The highest BCUT2D eigenvalue weighted by Gasteiger charge is 2.00. The molecule has 0 aromatic carbocycles. The predicted molar refractivity (Wildman–Crippen MR) is 41.1 cm³/mol. The fourth-order valence-corrected chi connectivity index (χ4v) is 0.462. The third-order valence-corrected chi connectivity index (χ3v) is 1.18. The van der Waals surface area contributed by atoms with Crippen LogP contribution in [0.4, 0.5) is 0 Å². The molecule has 0 saturated heterocycles. The second-order valence-corrected chi connectivity index (χ2v) is 2.14. The number of esters is 1. The highest BCUT2D eigenvalue weighted by Crippen LogP contribution is 1.94. The van der Waals surface area contributed by atoms with Crippen LogP contribution in [-0.4, -0.2) is 18.4 Å². The van der Waals surface area contributed by atoms with Gasteiger partial charge in [-0.15, -0.1) is 0 Å². The molecule has 0 fully saturated rings. The van der Waals surface area contributed by atoms with Crippen LogP contribution in [-0.2, 0) is 14.3 Å². The van der Waals surface area contributed by atoms with Gasteiger partial charge in [0.15, 0.2) is 5.78 Å². The van der Waals surface area contributed by atoms with Crippen molar-refractivity contribution in [2.75, 3.05) is 6.61 Å². The highest BCUT2D eigenvalue weighted by atomic mass is 16.5. The van der Waals surface area contributed by atoms with Crippen molar-refractivity contribution in [3.8, 4) is 0 Å². The van der Waals surface area contributed by atoms with Crippen LogP contribution >= 0.6 is 0 Å². The van der Waals surface area contributed by atoms with Gasteiger partial charge in [0.25, 0.3) is 0 Å². The normalized spacial score (nSPS) is 11.0. The SMILES string of the molecule is CCOC(=O)/C=C(/C)C(C)=O. The van der Waals surface area contributed by atoms with Gasteiger partial charge in [-0.1, -0.05) is 0 Å². The molecule has 3 nitrogen and oxygen atoms in total. The largest absolute Gasteiger partial charge is 0.463 e. The molecule has 3 heteroatoms. The van der Waals surface area contributed by atoms with Gasteiger partial charge in [-0.3, -0.25) is 4.79 Å². The van der Waals surface area contributed by atoms with Crippen molar-refractivity contribution >= 4 is 11.8 Å². The first-order valence-electron chi connectivity index (χ1n) is 3.44. The van der Waals surface area contributed by atoms with Crippen LogP contribution in [0.25, 0.3) is 0 Å². The highest BCUT2D eigenvalue weighted by molar-refractivity contribution is 5.98. The lowest BCUT2D eigenvalue weighted by Gasteiger charge is -1.96. The Labute approximate surface area is 66.0 Å². The molecule has 0 saturated carbocycles. The van der Waals surface area contributed by atoms with Crippen LogP contribution in [0.1, 0.15) is 20.8 Å². The molecular formula is C8H12O3. The summed E-state index contributed by atoms with van der Waals surface area (Å²) in [6.45, 7) is 5.04. The Morgan fingerprint density at radius 1 is 1.36 bits per heavy atom. The van der Waals surface area contributed by atoms with Gasteiger partial charge in [0.2, 0.25) is 0 Å². The maximum atomic E-state index is 10.7. The molecule has 0 aromatic heterocycles. The smallest absolute Gasteiger partial charge is 0.331 e. The molecule has 0 N–H and O–H groups in total. The third kappa shape index (κ3) is 4.31. The van der Waals surface area contributed by atoms with Crippen molar-refractivity contribution < 1.29 is 14.3 Å². The second kappa shape index (κ2) is 4.66. The maximum Gasteiger partial charge on any atom is 0.331 e. The number of hydrogen-bond donors (Lipinski definition) is 0. The Morgan fingerprint density at radius 2 is 1.91 bits per heavy atom. The van der Waals surface area contributed by atoms with Crippen LogP contribution < -0.4 is 0 Å². The topological polar surface area (TPSA) is 43.4 Å². The summed E-state index contributed by atoms with van der Waals surface area (Å²) in [6, 6.07) is 0. The molecule has 0 atom stereocenters. The molecule has 0 unspecified atom stereocenters. The fourth-order valence-electron chi connectivity index (χ4n) is 0.462. The van der Waals surface area contributed by atoms with Crippen molar-refractivity contribution in [3.63, 3.8) is 0 Å².